The van der Waals surface area contributed by atoms with Crippen LogP contribution >= 0.6 is 46.5 Å². The highest BCUT2D eigenvalue weighted by Gasteiger charge is 2.10. The van der Waals surface area contributed by atoms with E-state index in [0.717, 1.165) is 4.90 Å². The number of carbonyl (C=O) groups excluding carboxylic acids is 2. The zero-order chi connectivity index (χ0) is 17.4. The second-order valence-corrected chi connectivity index (χ2v) is 8.14. The third-order valence-electron chi connectivity index (χ3n) is 2.61. The Morgan fingerprint density at radius 2 is 2.00 bits per heavy atom. The van der Waals surface area contributed by atoms with Gasteiger partial charge in [0.25, 0.3) is 0 Å². The molecule has 1 aromatic carbocycles. The Labute approximate surface area is 156 Å². The number of ether oxygens (including phenoxy) is 1. The highest BCUT2D eigenvalue weighted by atomic mass is 35.5. The summed E-state index contributed by atoms with van der Waals surface area (Å²) in [6, 6.07) is 7.47. The number of amides is 1. The third kappa shape index (κ3) is 6.68. The van der Waals surface area contributed by atoms with Crippen LogP contribution in [0.2, 0.25) is 5.02 Å². The van der Waals surface area contributed by atoms with Gasteiger partial charge in [0, 0.05) is 22.1 Å². The minimum atomic E-state index is -0.333. The van der Waals surface area contributed by atoms with Crippen molar-refractivity contribution in [3.8, 4) is 0 Å². The molecule has 0 atom stereocenters. The maximum Gasteiger partial charge on any atom is 0.316 e. The number of carbonyl (C=O) groups is 2. The van der Waals surface area contributed by atoms with Crippen LogP contribution in [0.3, 0.4) is 0 Å². The van der Waals surface area contributed by atoms with Crippen LogP contribution in [0, 0.1) is 0 Å². The van der Waals surface area contributed by atoms with E-state index in [1.54, 1.807) is 11.8 Å². The Morgan fingerprint density at radius 1 is 1.25 bits per heavy atom. The first-order valence-corrected chi connectivity index (χ1v) is 9.94. The van der Waals surface area contributed by atoms with Crippen LogP contribution in [0.1, 0.15) is 6.42 Å². The van der Waals surface area contributed by atoms with Gasteiger partial charge < -0.3 is 10.1 Å². The lowest BCUT2D eigenvalue weighted by molar-refractivity contribution is -0.137. The molecule has 0 spiro atoms. The first-order valence-electron chi connectivity index (χ1n) is 6.78. The average molecular weight is 404 g/mol. The maximum atomic E-state index is 11.9. The second kappa shape index (κ2) is 9.87. The fraction of sp³-hybridized carbons (Fsp3) is 0.286. The molecule has 128 valence electrons. The molecule has 2 rings (SSSR count). The number of anilines is 1. The van der Waals surface area contributed by atoms with E-state index in [1.165, 1.54) is 30.2 Å². The number of halogens is 1. The van der Waals surface area contributed by atoms with Crippen molar-refractivity contribution >= 4 is 63.5 Å². The van der Waals surface area contributed by atoms with Gasteiger partial charge in [-0.3, -0.25) is 9.59 Å². The topological polar surface area (TPSA) is 81.2 Å². The van der Waals surface area contributed by atoms with Gasteiger partial charge in [-0.2, -0.15) is 0 Å². The van der Waals surface area contributed by atoms with Gasteiger partial charge in [0.2, 0.25) is 11.0 Å². The molecule has 6 nitrogen and oxygen atoms in total. The van der Waals surface area contributed by atoms with Gasteiger partial charge in [0.15, 0.2) is 4.34 Å². The lowest BCUT2D eigenvalue weighted by Crippen LogP contribution is -2.11. The fourth-order valence-electron chi connectivity index (χ4n) is 1.47. The molecular formula is C14H14ClN3O3S3. The predicted octanol–water partition coefficient (Wildman–Crippen LogP) is 3.58. The Morgan fingerprint density at radius 3 is 2.71 bits per heavy atom. The summed E-state index contributed by atoms with van der Waals surface area (Å²) >= 11 is 9.85. The van der Waals surface area contributed by atoms with E-state index < -0.39 is 0 Å². The molecule has 0 unspecified atom stereocenters. The SMILES string of the molecule is COC(=O)CSc1nnc(NC(=O)CCSc2ccc(Cl)cc2)s1. The van der Waals surface area contributed by atoms with Gasteiger partial charge in [-0.25, -0.2) is 0 Å². The van der Waals surface area contributed by atoms with Crippen molar-refractivity contribution in [3.63, 3.8) is 0 Å². The summed E-state index contributed by atoms with van der Waals surface area (Å²) in [5, 5.41) is 11.6. The van der Waals surface area contributed by atoms with Crippen molar-refractivity contribution in [2.45, 2.75) is 15.7 Å². The van der Waals surface area contributed by atoms with Gasteiger partial charge in [-0.1, -0.05) is 34.7 Å². The van der Waals surface area contributed by atoms with Gasteiger partial charge >= 0.3 is 5.97 Å². The molecule has 0 saturated heterocycles. The quantitative estimate of drug-likeness (QED) is 0.409. The highest BCUT2D eigenvalue weighted by molar-refractivity contribution is 8.01. The standard InChI is InChI=1S/C14H14ClN3O3S3/c1-21-12(20)8-23-14-18-17-13(24-14)16-11(19)6-7-22-10-4-2-9(15)3-5-10/h2-5H,6-8H2,1H3,(H,16,17,19). The second-order valence-electron chi connectivity index (χ2n) is 4.34. The smallest absolute Gasteiger partial charge is 0.316 e. The van der Waals surface area contributed by atoms with Crippen molar-refractivity contribution in [1.29, 1.82) is 0 Å². The van der Waals surface area contributed by atoms with E-state index in [-0.39, 0.29) is 17.6 Å². The Balaban J connectivity index is 1.71. The van der Waals surface area contributed by atoms with E-state index in [2.05, 4.69) is 20.3 Å². The zero-order valence-electron chi connectivity index (χ0n) is 12.7. The largest absolute Gasteiger partial charge is 0.468 e. The lowest BCUT2D eigenvalue weighted by atomic mass is 10.4. The first-order chi connectivity index (χ1) is 11.6. The molecule has 24 heavy (non-hydrogen) atoms. The molecule has 1 aromatic heterocycles. The molecule has 0 fully saturated rings. The predicted molar refractivity (Wildman–Crippen MR) is 98.1 cm³/mol. The first kappa shape index (κ1) is 19.0. The summed E-state index contributed by atoms with van der Waals surface area (Å²) in [6.07, 6.45) is 0.359. The molecule has 1 heterocycles. The number of hydrogen-bond donors (Lipinski definition) is 1. The van der Waals surface area contributed by atoms with Crippen LogP contribution in [0.25, 0.3) is 0 Å². The van der Waals surface area contributed by atoms with Crippen molar-refractivity contribution in [3.05, 3.63) is 29.3 Å². The number of thioether (sulfide) groups is 2. The molecule has 1 amide bonds. The lowest BCUT2D eigenvalue weighted by Gasteiger charge is -2.02. The summed E-state index contributed by atoms with van der Waals surface area (Å²) in [7, 11) is 1.33. The zero-order valence-corrected chi connectivity index (χ0v) is 15.9. The van der Waals surface area contributed by atoms with Crippen LogP contribution in [-0.4, -0.2) is 40.7 Å². The number of aromatic nitrogens is 2. The summed E-state index contributed by atoms with van der Waals surface area (Å²) in [6.45, 7) is 0. The highest BCUT2D eigenvalue weighted by Crippen LogP contribution is 2.26. The van der Waals surface area contributed by atoms with Crippen LogP contribution in [-0.2, 0) is 14.3 Å². The maximum absolute atomic E-state index is 11.9. The number of methoxy groups -OCH3 is 1. The minimum Gasteiger partial charge on any atom is -0.468 e. The van der Waals surface area contributed by atoms with Crippen LogP contribution in [0.4, 0.5) is 5.13 Å². The molecule has 0 aliphatic carbocycles. The van der Waals surface area contributed by atoms with Crippen LogP contribution < -0.4 is 5.32 Å². The number of hydrogen-bond acceptors (Lipinski definition) is 8. The van der Waals surface area contributed by atoms with E-state index in [4.69, 9.17) is 11.6 Å². The molecule has 0 radical (unpaired) electrons. The Kier molecular flexibility index (Phi) is 7.83. The van der Waals surface area contributed by atoms with Crippen molar-refractivity contribution < 1.29 is 14.3 Å². The van der Waals surface area contributed by atoms with Gasteiger partial charge in [0.1, 0.15) is 0 Å². The number of nitrogens with one attached hydrogen (secondary N) is 1. The third-order valence-corrected chi connectivity index (χ3v) is 5.82. The van der Waals surface area contributed by atoms with E-state index >= 15 is 0 Å². The fourth-order valence-corrected chi connectivity index (χ4v) is 4.05. The molecule has 0 aliphatic rings. The van der Waals surface area contributed by atoms with Gasteiger partial charge in [-0.05, 0) is 24.3 Å². The minimum absolute atomic E-state index is 0.128. The summed E-state index contributed by atoms with van der Waals surface area (Å²) in [5.41, 5.74) is 0. The normalized spacial score (nSPS) is 10.4. The van der Waals surface area contributed by atoms with E-state index in [1.807, 2.05) is 24.3 Å². The molecule has 0 saturated carbocycles. The molecule has 0 bridgehead atoms. The van der Waals surface area contributed by atoms with Crippen molar-refractivity contribution in [2.75, 3.05) is 23.9 Å². The molecule has 1 N–H and O–H groups in total. The van der Waals surface area contributed by atoms with Gasteiger partial charge in [0.05, 0.1) is 12.9 Å². The van der Waals surface area contributed by atoms with Crippen molar-refractivity contribution in [1.82, 2.24) is 10.2 Å². The van der Waals surface area contributed by atoms with Gasteiger partial charge in [-0.15, -0.1) is 22.0 Å². The van der Waals surface area contributed by atoms with Crippen LogP contribution in [0.15, 0.2) is 33.5 Å². The van der Waals surface area contributed by atoms with E-state index in [0.29, 0.717) is 26.7 Å². The number of esters is 1. The summed E-state index contributed by atoms with van der Waals surface area (Å²) in [5.74, 6) is 0.352. The number of rotatable bonds is 8. The summed E-state index contributed by atoms with van der Waals surface area (Å²) in [4.78, 5) is 24.0. The molecule has 0 aliphatic heterocycles. The van der Waals surface area contributed by atoms with Crippen LogP contribution in [0.5, 0.6) is 0 Å². The Bertz CT molecular complexity index is 694. The monoisotopic (exact) mass is 403 g/mol. The summed E-state index contributed by atoms with van der Waals surface area (Å²) < 4.78 is 5.15. The van der Waals surface area contributed by atoms with Crippen molar-refractivity contribution in [2.24, 2.45) is 0 Å². The number of nitrogens with zero attached hydrogens (tertiary/aromatic N) is 2. The number of benzene rings is 1. The Hall–Kier alpha value is -1.29. The molecular weight excluding hydrogens is 390 g/mol. The molecule has 10 heteroatoms. The molecule has 2 aromatic rings. The van der Waals surface area contributed by atoms with E-state index in [9.17, 15) is 9.59 Å². The average Bonchev–Trinajstić information content (AvgIpc) is 3.01.